The van der Waals surface area contributed by atoms with Crippen molar-refractivity contribution < 1.29 is 0 Å². The highest BCUT2D eigenvalue weighted by Crippen LogP contribution is 2.31. The van der Waals surface area contributed by atoms with E-state index in [1.54, 1.807) is 0 Å². The summed E-state index contributed by atoms with van der Waals surface area (Å²) in [5, 5.41) is 0. The fraction of sp³-hybridized carbons (Fsp3) is 0.647. The molecule has 1 aliphatic heterocycles. The van der Waals surface area contributed by atoms with E-state index in [1.165, 1.54) is 49.9 Å². The molecule has 1 aliphatic rings. The van der Waals surface area contributed by atoms with Crippen molar-refractivity contribution in [3.8, 4) is 0 Å². The van der Waals surface area contributed by atoms with Crippen molar-refractivity contribution >= 4 is 21.6 Å². The number of anilines is 1. The molecule has 1 heterocycles. The first kappa shape index (κ1) is 15.8. The molecule has 0 spiro atoms. The third kappa shape index (κ3) is 3.98. The molecule has 1 aromatic rings. The Morgan fingerprint density at radius 1 is 1.35 bits per heavy atom. The molecule has 2 N–H and O–H groups in total. The van der Waals surface area contributed by atoms with Crippen LogP contribution in [0.25, 0.3) is 0 Å². The van der Waals surface area contributed by atoms with Gasteiger partial charge in [0.15, 0.2) is 0 Å². The van der Waals surface area contributed by atoms with Gasteiger partial charge in [0.25, 0.3) is 0 Å². The lowest BCUT2D eigenvalue weighted by Crippen LogP contribution is -2.35. The van der Waals surface area contributed by atoms with Crippen LogP contribution in [0.1, 0.15) is 51.5 Å². The second-order valence-corrected chi connectivity index (χ2v) is 6.97. The second kappa shape index (κ2) is 7.46. The molecule has 0 amide bonds. The zero-order valence-electron chi connectivity index (χ0n) is 12.7. The highest BCUT2D eigenvalue weighted by Gasteiger charge is 2.22. The van der Waals surface area contributed by atoms with Gasteiger partial charge in [0.05, 0.1) is 0 Å². The van der Waals surface area contributed by atoms with E-state index in [0.717, 1.165) is 10.9 Å². The molecule has 1 aromatic carbocycles. The molecule has 0 bridgehead atoms. The molecule has 0 saturated carbocycles. The van der Waals surface area contributed by atoms with Crippen LogP contribution in [0.3, 0.4) is 0 Å². The van der Waals surface area contributed by atoms with Gasteiger partial charge in [0.2, 0.25) is 0 Å². The lowest BCUT2D eigenvalue weighted by molar-refractivity contribution is 0.554. The topological polar surface area (TPSA) is 29.3 Å². The van der Waals surface area contributed by atoms with E-state index in [0.29, 0.717) is 6.04 Å². The molecular weight excluding hydrogens is 312 g/mol. The van der Waals surface area contributed by atoms with Crippen LogP contribution in [-0.2, 0) is 6.42 Å². The Kier molecular flexibility index (Phi) is 5.91. The predicted octanol–water partition coefficient (Wildman–Crippen LogP) is 4.50. The van der Waals surface area contributed by atoms with Crippen LogP contribution < -0.4 is 10.6 Å². The zero-order valence-corrected chi connectivity index (χ0v) is 14.3. The van der Waals surface area contributed by atoms with Crippen molar-refractivity contribution in [3.63, 3.8) is 0 Å². The highest BCUT2D eigenvalue weighted by molar-refractivity contribution is 9.10. The summed E-state index contributed by atoms with van der Waals surface area (Å²) in [7, 11) is 0. The average molecular weight is 339 g/mol. The monoisotopic (exact) mass is 338 g/mol. The van der Waals surface area contributed by atoms with Crippen LogP contribution in [0.2, 0.25) is 0 Å². The Hall–Kier alpha value is -0.540. The molecule has 1 fully saturated rings. The van der Waals surface area contributed by atoms with Gasteiger partial charge in [0, 0.05) is 28.8 Å². The summed E-state index contributed by atoms with van der Waals surface area (Å²) in [5.41, 5.74) is 8.82. The van der Waals surface area contributed by atoms with Gasteiger partial charge in [-0.25, -0.2) is 0 Å². The molecule has 3 heteroatoms. The average Bonchev–Trinajstić information content (AvgIpc) is 2.63. The van der Waals surface area contributed by atoms with E-state index in [9.17, 15) is 0 Å². The summed E-state index contributed by atoms with van der Waals surface area (Å²) >= 11 is 3.60. The van der Waals surface area contributed by atoms with Crippen molar-refractivity contribution in [2.75, 3.05) is 11.4 Å². The van der Waals surface area contributed by atoms with Crippen LogP contribution in [0.5, 0.6) is 0 Å². The molecule has 1 saturated heterocycles. The van der Waals surface area contributed by atoms with Gasteiger partial charge < -0.3 is 10.6 Å². The lowest BCUT2D eigenvalue weighted by atomic mass is 10.0. The molecule has 2 unspecified atom stereocenters. The minimum atomic E-state index is 0.204. The van der Waals surface area contributed by atoms with Crippen molar-refractivity contribution in [1.82, 2.24) is 0 Å². The first-order valence-electron chi connectivity index (χ1n) is 7.92. The smallest absolute Gasteiger partial charge is 0.0402 e. The third-order valence-electron chi connectivity index (χ3n) is 4.24. The molecule has 2 rings (SSSR count). The van der Waals surface area contributed by atoms with Crippen LogP contribution >= 0.6 is 15.9 Å². The van der Waals surface area contributed by atoms with Gasteiger partial charge in [-0.2, -0.15) is 0 Å². The van der Waals surface area contributed by atoms with E-state index in [-0.39, 0.29) is 6.04 Å². The fourth-order valence-corrected chi connectivity index (χ4v) is 3.67. The number of rotatable bonds is 4. The normalized spacial score (nSPS) is 21.6. The molecule has 112 valence electrons. The molecule has 0 aliphatic carbocycles. The van der Waals surface area contributed by atoms with Crippen LogP contribution in [0.4, 0.5) is 5.69 Å². The van der Waals surface area contributed by atoms with Crippen molar-refractivity contribution in [3.05, 3.63) is 28.2 Å². The number of hydrogen-bond donors (Lipinski definition) is 1. The summed E-state index contributed by atoms with van der Waals surface area (Å²) in [4.78, 5) is 2.64. The summed E-state index contributed by atoms with van der Waals surface area (Å²) in [6.45, 7) is 5.59. The summed E-state index contributed by atoms with van der Waals surface area (Å²) in [6, 6.07) is 7.57. The van der Waals surface area contributed by atoms with E-state index in [4.69, 9.17) is 5.73 Å². The summed E-state index contributed by atoms with van der Waals surface area (Å²) in [5.74, 6) is 0. The predicted molar refractivity (Wildman–Crippen MR) is 91.4 cm³/mol. The minimum absolute atomic E-state index is 0.204. The van der Waals surface area contributed by atoms with Gasteiger partial charge in [-0.1, -0.05) is 35.7 Å². The highest BCUT2D eigenvalue weighted by atomic mass is 79.9. The van der Waals surface area contributed by atoms with Gasteiger partial charge in [0.1, 0.15) is 0 Å². The number of halogens is 1. The Bertz CT molecular complexity index is 431. The van der Waals surface area contributed by atoms with Gasteiger partial charge in [-0.15, -0.1) is 0 Å². The molecule has 0 aromatic heterocycles. The number of hydrogen-bond acceptors (Lipinski definition) is 2. The standard InChI is InChI=1S/C17H27BrN2/c1-3-16-7-5-4-6-10-20(16)17-9-8-15(18)12-14(17)11-13(2)19/h8-9,12-13,16H,3-7,10-11,19H2,1-2H3. The van der Waals surface area contributed by atoms with Crippen molar-refractivity contribution in [2.45, 2.75) is 64.5 Å². The van der Waals surface area contributed by atoms with E-state index < -0.39 is 0 Å². The summed E-state index contributed by atoms with van der Waals surface area (Å²) in [6.07, 6.45) is 7.55. The maximum absolute atomic E-state index is 6.04. The Morgan fingerprint density at radius 2 is 2.15 bits per heavy atom. The van der Waals surface area contributed by atoms with E-state index in [2.05, 4.69) is 52.9 Å². The SMILES string of the molecule is CCC1CCCCCN1c1ccc(Br)cc1CC(C)N. The van der Waals surface area contributed by atoms with Crippen LogP contribution in [-0.4, -0.2) is 18.6 Å². The lowest BCUT2D eigenvalue weighted by Gasteiger charge is -2.33. The first-order chi connectivity index (χ1) is 9.61. The molecular formula is C17H27BrN2. The fourth-order valence-electron chi connectivity index (χ4n) is 3.26. The van der Waals surface area contributed by atoms with E-state index in [1.807, 2.05) is 0 Å². The number of nitrogens with two attached hydrogens (primary N) is 1. The van der Waals surface area contributed by atoms with Crippen molar-refractivity contribution in [1.29, 1.82) is 0 Å². The largest absolute Gasteiger partial charge is 0.368 e. The molecule has 2 atom stereocenters. The maximum Gasteiger partial charge on any atom is 0.0402 e. The Balaban J connectivity index is 2.32. The zero-order chi connectivity index (χ0) is 14.5. The van der Waals surface area contributed by atoms with Crippen LogP contribution in [0.15, 0.2) is 22.7 Å². The van der Waals surface area contributed by atoms with Crippen molar-refractivity contribution in [2.24, 2.45) is 5.73 Å². The third-order valence-corrected chi connectivity index (χ3v) is 4.73. The Labute approximate surface area is 131 Å². The van der Waals surface area contributed by atoms with Gasteiger partial charge >= 0.3 is 0 Å². The number of nitrogens with zero attached hydrogens (tertiary/aromatic N) is 1. The van der Waals surface area contributed by atoms with Crippen LogP contribution in [0, 0.1) is 0 Å². The Morgan fingerprint density at radius 3 is 2.85 bits per heavy atom. The number of benzene rings is 1. The molecule has 20 heavy (non-hydrogen) atoms. The first-order valence-corrected chi connectivity index (χ1v) is 8.71. The molecule has 2 nitrogen and oxygen atoms in total. The van der Waals surface area contributed by atoms with Gasteiger partial charge in [-0.05, 0) is 56.4 Å². The second-order valence-electron chi connectivity index (χ2n) is 6.06. The van der Waals surface area contributed by atoms with Gasteiger partial charge in [-0.3, -0.25) is 0 Å². The van der Waals surface area contributed by atoms with E-state index >= 15 is 0 Å². The minimum Gasteiger partial charge on any atom is -0.368 e. The summed E-state index contributed by atoms with van der Waals surface area (Å²) < 4.78 is 1.15. The molecule has 0 radical (unpaired) electrons. The quantitative estimate of drug-likeness (QED) is 0.875. The maximum atomic E-state index is 6.04.